The van der Waals surface area contributed by atoms with Crippen molar-refractivity contribution in [2.75, 3.05) is 0 Å². The van der Waals surface area contributed by atoms with Gasteiger partial charge in [-0.25, -0.2) is 4.98 Å². The van der Waals surface area contributed by atoms with E-state index in [4.69, 9.17) is 17.3 Å². The van der Waals surface area contributed by atoms with Crippen LogP contribution >= 0.6 is 27.5 Å². The average Bonchev–Trinajstić information content (AvgIpc) is 2.76. The van der Waals surface area contributed by atoms with Crippen LogP contribution in [0.25, 0.3) is 5.69 Å². The van der Waals surface area contributed by atoms with E-state index in [2.05, 4.69) is 34.8 Å². The van der Waals surface area contributed by atoms with Crippen LogP contribution in [0.15, 0.2) is 35.2 Å². The van der Waals surface area contributed by atoms with E-state index >= 15 is 0 Å². The molecule has 0 saturated carbocycles. The SMILES string of the molecule is CC(C)C(N)c1cncn1-c1ccc(Cl)cc1Br. The molecule has 0 amide bonds. The van der Waals surface area contributed by atoms with Crippen molar-refractivity contribution in [2.24, 2.45) is 11.7 Å². The molecule has 1 unspecified atom stereocenters. The van der Waals surface area contributed by atoms with Gasteiger partial charge in [-0.2, -0.15) is 0 Å². The third-order valence-electron chi connectivity index (χ3n) is 2.90. The van der Waals surface area contributed by atoms with Crippen molar-refractivity contribution in [3.8, 4) is 5.69 Å². The largest absolute Gasteiger partial charge is 0.322 e. The molecule has 1 heterocycles. The highest BCUT2D eigenvalue weighted by atomic mass is 79.9. The van der Waals surface area contributed by atoms with E-state index in [-0.39, 0.29) is 6.04 Å². The van der Waals surface area contributed by atoms with E-state index in [1.54, 1.807) is 6.33 Å². The van der Waals surface area contributed by atoms with Crippen molar-refractivity contribution < 1.29 is 0 Å². The van der Waals surface area contributed by atoms with Gasteiger partial charge in [0.2, 0.25) is 0 Å². The Labute approximate surface area is 120 Å². The van der Waals surface area contributed by atoms with Gasteiger partial charge in [-0.3, -0.25) is 0 Å². The molecule has 0 radical (unpaired) electrons. The smallest absolute Gasteiger partial charge is 0.0995 e. The van der Waals surface area contributed by atoms with E-state index in [0.29, 0.717) is 10.9 Å². The van der Waals surface area contributed by atoms with E-state index in [0.717, 1.165) is 15.9 Å². The molecule has 0 saturated heterocycles. The summed E-state index contributed by atoms with van der Waals surface area (Å²) >= 11 is 9.47. The highest BCUT2D eigenvalue weighted by Gasteiger charge is 2.17. The molecule has 96 valence electrons. The molecule has 0 aliphatic carbocycles. The summed E-state index contributed by atoms with van der Waals surface area (Å²) in [5.41, 5.74) is 8.18. The summed E-state index contributed by atoms with van der Waals surface area (Å²) in [6.07, 6.45) is 3.58. The van der Waals surface area contributed by atoms with Gasteiger partial charge in [-0.1, -0.05) is 25.4 Å². The number of rotatable bonds is 3. The number of hydrogen-bond donors (Lipinski definition) is 1. The highest BCUT2D eigenvalue weighted by molar-refractivity contribution is 9.10. The summed E-state index contributed by atoms with van der Waals surface area (Å²) in [5, 5.41) is 0.695. The summed E-state index contributed by atoms with van der Waals surface area (Å²) < 4.78 is 2.91. The molecule has 5 heteroatoms. The van der Waals surface area contributed by atoms with E-state index in [9.17, 15) is 0 Å². The van der Waals surface area contributed by atoms with Crippen LogP contribution in [-0.2, 0) is 0 Å². The number of imidazole rings is 1. The summed E-state index contributed by atoms with van der Waals surface area (Å²) in [6, 6.07) is 5.62. The molecule has 0 fully saturated rings. The van der Waals surface area contributed by atoms with Crippen molar-refractivity contribution in [2.45, 2.75) is 19.9 Å². The number of benzene rings is 1. The third-order valence-corrected chi connectivity index (χ3v) is 3.77. The zero-order valence-corrected chi connectivity index (χ0v) is 12.6. The monoisotopic (exact) mass is 327 g/mol. The Hall–Kier alpha value is -0.840. The van der Waals surface area contributed by atoms with Gasteiger partial charge in [0, 0.05) is 15.5 Å². The van der Waals surface area contributed by atoms with Crippen LogP contribution in [0.2, 0.25) is 5.02 Å². The molecule has 0 aliphatic heterocycles. The fourth-order valence-corrected chi connectivity index (χ4v) is 2.65. The number of hydrogen-bond acceptors (Lipinski definition) is 2. The van der Waals surface area contributed by atoms with Gasteiger partial charge < -0.3 is 10.3 Å². The van der Waals surface area contributed by atoms with Gasteiger partial charge in [0.1, 0.15) is 0 Å². The van der Waals surface area contributed by atoms with Crippen molar-refractivity contribution in [1.82, 2.24) is 9.55 Å². The van der Waals surface area contributed by atoms with Crippen LogP contribution in [0.4, 0.5) is 0 Å². The maximum Gasteiger partial charge on any atom is 0.0995 e. The molecule has 1 aromatic carbocycles. The Morgan fingerprint density at radius 1 is 1.39 bits per heavy atom. The minimum Gasteiger partial charge on any atom is -0.322 e. The van der Waals surface area contributed by atoms with Gasteiger partial charge in [0.05, 0.1) is 23.9 Å². The van der Waals surface area contributed by atoms with Crippen molar-refractivity contribution >= 4 is 27.5 Å². The summed E-state index contributed by atoms with van der Waals surface area (Å²) in [6.45, 7) is 4.19. The second-order valence-electron chi connectivity index (χ2n) is 4.55. The quantitative estimate of drug-likeness (QED) is 0.927. The molecule has 0 bridgehead atoms. The molecule has 2 rings (SSSR count). The molecule has 0 aliphatic rings. The molecule has 2 aromatic rings. The fraction of sp³-hybridized carbons (Fsp3) is 0.308. The normalized spacial score (nSPS) is 13.0. The maximum atomic E-state index is 6.20. The minimum absolute atomic E-state index is 0.0462. The van der Waals surface area contributed by atoms with Crippen LogP contribution in [0.1, 0.15) is 25.6 Å². The minimum atomic E-state index is -0.0462. The van der Waals surface area contributed by atoms with Gasteiger partial charge in [-0.15, -0.1) is 0 Å². The Bertz CT molecular complexity index is 551. The topological polar surface area (TPSA) is 43.8 Å². The molecular formula is C13H15BrClN3. The van der Waals surface area contributed by atoms with Crippen LogP contribution in [-0.4, -0.2) is 9.55 Å². The standard InChI is InChI=1S/C13H15BrClN3/c1-8(2)13(16)12-6-17-7-18(12)11-4-3-9(15)5-10(11)14/h3-8,13H,16H2,1-2H3. The van der Waals surface area contributed by atoms with Gasteiger partial charge in [0.15, 0.2) is 0 Å². The average molecular weight is 329 g/mol. The Morgan fingerprint density at radius 3 is 2.72 bits per heavy atom. The lowest BCUT2D eigenvalue weighted by Crippen LogP contribution is -2.20. The molecule has 3 nitrogen and oxygen atoms in total. The van der Waals surface area contributed by atoms with Crippen LogP contribution in [0, 0.1) is 5.92 Å². The number of halogens is 2. The Morgan fingerprint density at radius 2 is 2.11 bits per heavy atom. The fourth-order valence-electron chi connectivity index (χ4n) is 1.77. The molecule has 18 heavy (non-hydrogen) atoms. The van der Waals surface area contributed by atoms with Gasteiger partial charge in [0.25, 0.3) is 0 Å². The van der Waals surface area contributed by atoms with Crippen LogP contribution in [0.5, 0.6) is 0 Å². The highest BCUT2D eigenvalue weighted by Crippen LogP contribution is 2.28. The second-order valence-corrected chi connectivity index (χ2v) is 5.84. The van der Waals surface area contributed by atoms with Gasteiger partial charge in [-0.05, 0) is 40.0 Å². The molecule has 0 spiro atoms. The van der Waals surface area contributed by atoms with Crippen LogP contribution < -0.4 is 5.73 Å². The van der Waals surface area contributed by atoms with E-state index < -0.39 is 0 Å². The Balaban J connectivity index is 2.49. The van der Waals surface area contributed by atoms with Crippen molar-refractivity contribution in [1.29, 1.82) is 0 Å². The number of nitrogens with two attached hydrogens (primary N) is 1. The zero-order chi connectivity index (χ0) is 13.3. The first kappa shape index (κ1) is 13.6. The Kier molecular flexibility index (Phi) is 4.10. The summed E-state index contributed by atoms with van der Waals surface area (Å²) in [5.74, 6) is 0.353. The first-order valence-corrected chi connectivity index (χ1v) is 6.91. The first-order valence-electron chi connectivity index (χ1n) is 5.74. The predicted molar refractivity (Wildman–Crippen MR) is 78.0 cm³/mol. The van der Waals surface area contributed by atoms with Crippen LogP contribution in [0.3, 0.4) is 0 Å². The number of nitrogens with zero attached hydrogens (tertiary/aromatic N) is 2. The first-order chi connectivity index (χ1) is 8.50. The zero-order valence-electron chi connectivity index (χ0n) is 10.3. The third kappa shape index (κ3) is 2.60. The lowest BCUT2D eigenvalue weighted by Gasteiger charge is -2.18. The maximum absolute atomic E-state index is 6.20. The second kappa shape index (κ2) is 5.43. The van der Waals surface area contributed by atoms with Crippen molar-refractivity contribution in [3.63, 3.8) is 0 Å². The predicted octanol–water partition coefficient (Wildman–Crippen LogP) is 3.94. The number of aromatic nitrogens is 2. The molecular weight excluding hydrogens is 314 g/mol. The van der Waals surface area contributed by atoms with E-state index in [1.165, 1.54) is 0 Å². The van der Waals surface area contributed by atoms with Gasteiger partial charge >= 0.3 is 0 Å². The molecule has 2 N–H and O–H groups in total. The van der Waals surface area contributed by atoms with Crippen molar-refractivity contribution in [3.05, 3.63) is 45.9 Å². The lowest BCUT2D eigenvalue weighted by atomic mass is 10.0. The molecule has 1 atom stereocenters. The lowest BCUT2D eigenvalue weighted by molar-refractivity contribution is 0.497. The summed E-state index contributed by atoms with van der Waals surface area (Å²) in [4.78, 5) is 4.19. The molecule has 1 aromatic heterocycles. The summed E-state index contributed by atoms with van der Waals surface area (Å²) in [7, 11) is 0. The van der Waals surface area contributed by atoms with E-state index in [1.807, 2.05) is 29.0 Å².